The van der Waals surface area contributed by atoms with Crippen LogP contribution in [-0.4, -0.2) is 25.0 Å². The van der Waals surface area contributed by atoms with E-state index in [4.69, 9.17) is 24.8 Å². The van der Waals surface area contributed by atoms with Crippen LogP contribution in [0, 0.1) is 5.92 Å². The molecular formula is C17H19BN2O2S. The molecule has 1 aromatic rings. The van der Waals surface area contributed by atoms with E-state index < -0.39 is 5.54 Å². The molecule has 0 bridgehead atoms. The zero-order valence-corrected chi connectivity index (χ0v) is 13.7. The summed E-state index contributed by atoms with van der Waals surface area (Å²) in [6.07, 6.45) is 6.73. The van der Waals surface area contributed by atoms with E-state index >= 15 is 0 Å². The van der Waals surface area contributed by atoms with Crippen LogP contribution in [0.5, 0.6) is 5.75 Å². The predicted molar refractivity (Wildman–Crippen MR) is 93.0 cm³/mol. The molecule has 4 nitrogen and oxygen atoms in total. The first-order chi connectivity index (χ1) is 11.1. The lowest BCUT2D eigenvalue weighted by molar-refractivity contribution is -0.126. The molecule has 0 aromatic heterocycles. The number of hydrogen-bond acceptors (Lipinski definition) is 3. The zero-order valence-electron chi connectivity index (χ0n) is 12.9. The molecule has 4 rings (SSSR count). The Labute approximate surface area is 142 Å². The first kappa shape index (κ1) is 15.0. The van der Waals surface area contributed by atoms with Gasteiger partial charge >= 0.3 is 0 Å². The second-order valence-electron chi connectivity index (χ2n) is 6.83. The molecule has 2 radical (unpaired) electrons. The van der Waals surface area contributed by atoms with Gasteiger partial charge in [0.15, 0.2) is 10.7 Å². The van der Waals surface area contributed by atoms with Crippen LogP contribution >= 0.6 is 12.2 Å². The summed E-state index contributed by atoms with van der Waals surface area (Å²) in [7, 11) is 5.94. The highest BCUT2D eigenvalue weighted by molar-refractivity contribution is 7.80. The molecule has 2 fully saturated rings. The third kappa shape index (κ3) is 2.44. The fourth-order valence-electron chi connectivity index (χ4n) is 4.19. The van der Waals surface area contributed by atoms with Gasteiger partial charge in [0, 0.05) is 12.0 Å². The summed E-state index contributed by atoms with van der Waals surface area (Å²) in [6.45, 7) is 0. The average Bonchev–Trinajstić information content (AvgIpc) is 2.83. The van der Waals surface area contributed by atoms with Crippen LogP contribution in [0.3, 0.4) is 0 Å². The average molecular weight is 326 g/mol. The van der Waals surface area contributed by atoms with Crippen LogP contribution in [0.2, 0.25) is 0 Å². The Balaban J connectivity index is 1.76. The van der Waals surface area contributed by atoms with Gasteiger partial charge in [0.2, 0.25) is 0 Å². The first-order valence-electron chi connectivity index (χ1n) is 8.29. The summed E-state index contributed by atoms with van der Waals surface area (Å²) in [6, 6.07) is 5.52. The van der Waals surface area contributed by atoms with Crippen LogP contribution < -0.4 is 20.8 Å². The Hall–Kier alpha value is -1.56. The van der Waals surface area contributed by atoms with Gasteiger partial charge in [-0.15, -0.1) is 0 Å². The van der Waals surface area contributed by atoms with Gasteiger partial charge in [-0.25, -0.2) is 0 Å². The summed E-state index contributed by atoms with van der Waals surface area (Å²) in [5.74, 6) is 1.14. The predicted octanol–water partition coefficient (Wildman–Crippen LogP) is 1.41. The highest BCUT2D eigenvalue weighted by atomic mass is 32.1. The van der Waals surface area contributed by atoms with E-state index in [9.17, 15) is 4.79 Å². The van der Waals surface area contributed by atoms with Crippen LogP contribution in [0.1, 0.15) is 44.1 Å². The maximum atomic E-state index is 12.7. The summed E-state index contributed by atoms with van der Waals surface area (Å²) in [5, 5.41) is 6.33. The quantitative estimate of drug-likeness (QED) is 0.605. The number of nitrogens with one attached hydrogen (secondary N) is 2. The van der Waals surface area contributed by atoms with Crippen molar-refractivity contribution in [1.82, 2.24) is 10.6 Å². The van der Waals surface area contributed by atoms with E-state index in [1.807, 2.05) is 18.2 Å². The van der Waals surface area contributed by atoms with E-state index in [1.54, 1.807) is 0 Å². The third-order valence-electron chi connectivity index (χ3n) is 5.37. The van der Waals surface area contributed by atoms with Crippen LogP contribution in [-0.2, 0) is 10.3 Å². The van der Waals surface area contributed by atoms with Crippen molar-refractivity contribution in [2.24, 2.45) is 5.92 Å². The Morgan fingerprint density at radius 3 is 2.74 bits per heavy atom. The molecular weight excluding hydrogens is 307 g/mol. The van der Waals surface area contributed by atoms with Crippen molar-refractivity contribution >= 4 is 36.5 Å². The number of thiocarbonyl (C=S) groups is 1. The SMILES string of the molecule is [B]c1ccc2c(c1)C1(CC(C3CCCCC3)O2)NC(=S)NC1=O. The van der Waals surface area contributed by atoms with Crippen molar-refractivity contribution in [3.05, 3.63) is 23.8 Å². The number of benzene rings is 1. The molecule has 1 aromatic carbocycles. The smallest absolute Gasteiger partial charge is 0.256 e. The highest BCUT2D eigenvalue weighted by Gasteiger charge is 2.53. The van der Waals surface area contributed by atoms with Gasteiger partial charge in [-0.2, -0.15) is 0 Å². The van der Waals surface area contributed by atoms with Crippen LogP contribution in [0.4, 0.5) is 0 Å². The minimum atomic E-state index is -0.845. The second kappa shape index (κ2) is 5.51. The molecule has 1 spiro atoms. The monoisotopic (exact) mass is 326 g/mol. The third-order valence-corrected chi connectivity index (χ3v) is 5.57. The molecule has 2 heterocycles. The standard InChI is InChI=1S/C17H19BN2O2S/c18-11-6-7-13-12(8-11)17(15(21)19-16(23)20-17)9-14(22-13)10-4-2-1-3-5-10/h6-8,10,14H,1-5,9H2,(H2,19,20,21,23). The fraction of sp³-hybridized carbons (Fsp3) is 0.529. The molecule has 2 unspecified atom stereocenters. The molecule has 23 heavy (non-hydrogen) atoms. The molecule has 2 atom stereocenters. The largest absolute Gasteiger partial charge is 0.490 e. The molecule has 2 aliphatic heterocycles. The van der Waals surface area contributed by atoms with E-state index in [2.05, 4.69) is 10.6 Å². The Morgan fingerprint density at radius 2 is 2.04 bits per heavy atom. The summed E-state index contributed by atoms with van der Waals surface area (Å²) >= 11 is 5.19. The molecule has 2 N–H and O–H groups in total. The molecule has 3 aliphatic rings. The molecule has 6 heteroatoms. The van der Waals surface area contributed by atoms with Crippen LogP contribution in [0.25, 0.3) is 0 Å². The second-order valence-corrected chi connectivity index (χ2v) is 7.24. The maximum absolute atomic E-state index is 12.7. The van der Waals surface area contributed by atoms with Crippen LogP contribution in [0.15, 0.2) is 18.2 Å². The van der Waals surface area contributed by atoms with Crippen molar-refractivity contribution in [2.75, 3.05) is 0 Å². The lowest BCUT2D eigenvalue weighted by Crippen LogP contribution is -2.52. The van der Waals surface area contributed by atoms with Gasteiger partial charge < -0.3 is 15.4 Å². The molecule has 1 saturated heterocycles. The fourth-order valence-corrected chi connectivity index (χ4v) is 4.46. The number of rotatable bonds is 1. The summed E-state index contributed by atoms with van der Waals surface area (Å²) in [4.78, 5) is 12.7. The van der Waals surface area contributed by atoms with Crippen molar-refractivity contribution in [3.8, 4) is 5.75 Å². The number of hydrogen-bond donors (Lipinski definition) is 2. The minimum Gasteiger partial charge on any atom is -0.490 e. The van der Waals surface area contributed by atoms with Gasteiger partial charge in [-0.05, 0) is 37.0 Å². The lowest BCUT2D eigenvalue weighted by Gasteiger charge is -2.42. The van der Waals surface area contributed by atoms with Crippen molar-refractivity contribution in [3.63, 3.8) is 0 Å². The Morgan fingerprint density at radius 1 is 1.26 bits per heavy atom. The Kier molecular flexibility index (Phi) is 3.60. The van der Waals surface area contributed by atoms with E-state index in [1.165, 1.54) is 19.3 Å². The number of amides is 1. The number of carbonyl (C=O) groups is 1. The van der Waals surface area contributed by atoms with Gasteiger partial charge in [-0.1, -0.05) is 36.9 Å². The molecule has 1 aliphatic carbocycles. The van der Waals surface area contributed by atoms with Crippen molar-refractivity contribution in [2.45, 2.75) is 50.2 Å². The van der Waals surface area contributed by atoms with Gasteiger partial charge in [0.1, 0.15) is 19.7 Å². The first-order valence-corrected chi connectivity index (χ1v) is 8.69. The maximum Gasteiger partial charge on any atom is 0.256 e. The Bertz CT molecular complexity index is 675. The summed E-state index contributed by atoms with van der Waals surface area (Å²) in [5.41, 5.74) is 0.569. The summed E-state index contributed by atoms with van der Waals surface area (Å²) < 4.78 is 6.28. The van der Waals surface area contributed by atoms with Gasteiger partial charge in [0.05, 0.1) is 0 Å². The van der Waals surface area contributed by atoms with E-state index in [0.717, 1.165) is 24.2 Å². The molecule has 1 amide bonds. The molecule has 118 valence electrons. The number of fused-ring (bicyclic) bond motifs is 2. The lowest BCUT2D eigenvalue weighted by atomic mass is 9.74. The van der Waals surface area contributed by atoms with Gasteiger partial charge in [-0.3, -0.25) is 4.79 Å². The highest BCUT2D eigenvalue weighted by Crippen LogP contribution is 2.44. The number of carbonyl (C=O) groups excluding carboxylic acids is 1. The van der Waals surface area contributed by atoms with E-state index in [0.29, 0.717) is 22.9 Å². The molecule has 1 saturated carbocycles. The van der Waals surface area contributed by atoms with E-state index in [-0.39, 0.29) is 12.0 Å². The van der Waals surface area contributed by atoms with Gasteiger partial charge in [0.25, 0.3) is 5.91 Å². The zero-order chi connectivity index (χ0) is 16.0. The van der Waals surface area contributed by atoms with Crippen molar-refractivity contribution in [1.29, 1.82) is 0 Å². The normalized spacial score (nSPS) is 30.5. The van der Waals surface area contributed by atoms with Crippen molar-refractivity contribution < 1.29 is 9.53 Å². The number of ether oxygens (including phenoxy) is 1. The topological polar surface area (TPSA) is 50.4 Å². The minimum absolute atomic E-state index is 0.0329.